The van der Waals surface area contributed by atoms with Crippen LogP contribution in [0.1, 0.15) is 25.8 Å². The van der Waals surface area contributed by atoms with E-state index in [-0.39, 0.29) is 23.9 Å². The molecule has 0 radical (unpaired) electrons. The Labute approximate surface area is 165 Å². The van der Waals surface area contributed by atoms with Crippen LogP contribution < -0.4 is 15.4 Å². The summed E-state index contributed by atoms with van der Waals surface area (Å²) < 4.78 is 19.0. The molecule has 28 heavy (non-hydrogen) atoms. The van der Waals surface area contributed by atoms with Crippen molar-refractivity contribution < 1.29 is 13.9 Å². The third-order valence-corrected chi connectivity index (χ3v) is 4.86. The maximum absolute atomic E-state index is 13.6. The van der Waals surface area contributed by atoms with Crippen LogP contribution in [0.2, 0.25) is 0 Å². The van der Waals surface area contributed by atoms with Crippen LogP contribution in [0.4, 0.5) is 9.18 Å². The van der Waals surface area contributed by atoms with Crippen LogP contribution >= 0.6 is 0 Å². The molecule has 1 fully saturated rings. The van der Waals surface area contributed by atoms with Gasteiger partial charge < -0.3 is 15.4 Å². The first-order valence-electron chi connectivity index (χ1n) is 9.67. The summed E-state index contributed by atoms with van der Waals surface area (Å²) in [5.41, 5.74) is 2.86. The molecule has 0 spiro atoms. The molecule has 1 aliphatic heterocycles. The van der Waals surface area contributed by atoms with E-state index >= 15 is 0 Å². The highest BCUT2D eigenvalue weighted by atomic mass is 19.1. The number of likely N-dealkylation sites (tertiary alicyclic amines) is 1. The summed E-state index contributed by atoms with van der Waals surface area (Å²) in [4.78, 5) is 14.2. The fourth-order valence-electron chi connectivity index (χ4n) is 3.54. The quantitative estimate of drug-likeness (QED) is 0.796. The van der Waals surface area contributed by atoms with Crippen LogP contribution in [0.25, 0.3) is 11.1 Å². The first-order chi connectivity index (χ1) is 13.4. The van der Waals surface area contributed by atoms with E-state index in [0.717, 1.165) is 37.2 Å². The number of nitrogens with one attached hydrogen (secondary N) is 2. The predicted molar refractivity (Wildman–Crippen MR) is 109 cm³/mol. The fourth-order valence-corrected chi connectivity index (χ4v) is 3.54. The van der Waals surface area contributed by atoms with Gasteiger partial charge in [0.2, 0.25) is 0 Å². The molecule has 5 nitrogen and oxygen atoms in total. The molecule has 2 N–H and O–H groups in total. The van der Waals surface area contributed by atoms with E-state index in [2.05, 4.69) is 27.7 Å². The molecule has 6 heteroatoms. The number of amides is 2. The van der Waals surface area contributed by atoms with Crippen molar-refractivity contribution in [3.8, 4) is 16.9 Å². The van der Waals surface area contributed by atoms with Crippen molar-refractivity contribution in [1.82, 2.24) is 15.5 Å². The topological polar surface area (TPSA) is 53.6 Å². The molecule has 0 aromatic heterocycles. The molecule has 2 aromatic carbocycles. The number of methoxy groups -OCH3 is 1. The van der Waals surface area contributed by atoms with E-state index in [1.165, 1.54) is 17.7 Å². The number of carbonyl (C=O) groups is 1. The minimum absolute atomic E-state index is 0.102. The fraction of sp³-hybridized carbons (Fsp3) is 0.409. The van der Waals surface area contributed by atoms with Gasteiger partial charge in [-0.25, -0.2) is 9.18 Å². The summed E-state index contributed by atoms with van der Waals surface area (Å²) in [6, 6.07) is 12.9. The second-order valence-electron chi connectivity index (χ2n) is 7.53. The molecule has 2 aromatic rings. The van der Waals surface area contributed by atoms with Crippen molar-refractivity contribution >= 4 is 6.03 Å². The molecule has 0 saturated carbocycles. The van der Waals surface area contributed by atoms with Gasteiger partial charge in [0, 0.05) is 37.3 Å². The number of rotatable bonds is 6. The van der Waals surface area contributed by atoms with Gasteiger partial charge in [0.25, 0.3) is 0 Å². The standard InChI is InChI=1S/C22H28FN3O2/c1-15(2)24-22(27)25-19-10-11-26(14-19)13-16-4-6-17(7-5-16)20-12-18(23)8-9-21(20)28-3/h4-9,12,15,19H,10-11,13-14H2,1-3H3,(H2,24,25,27). The Hall–Kier alpha value is -2.60. The molecule has 1 heterocycles. The highest BCUT2D eigenvalue weighted by Gasteiger charge is 2.24. The lowest BCUT2D eigenvalue weighted by molar-refractivity contribution is 0.233. The number of benzene rings is 2. The highest BCUT2D eigenvalue weighted by molar-refractivity contribution is 5.74. The Morgan fingerprint density at radius 2 is 2.00 bits per heavy atom. The zero-order chi connectivity index (χ0) is 20.1. The van der Waals surface area contributed by atoms with E-state index in [1.54, 1.807) is 13.2 Å². The van der Waals surface area contributed by atoms with Crippen LogP contribution in [-0.4, -0.2) is 43.2 Å². The average Bonchev–Trinajstić information content (AvgIpc) is 3.08. The maximum atomic E-state index is 13.6. The summed E-state index contributed by atoms with van der Waals surface area (Å²) in [6.45, 7) is 6.51. The molecule has 1 atom stereocenters. The van der Waals surface area contributed by atoms with Crippen LogP contribution in [0.5, 0.6) is 5.75 Å². The molecule has 1 aliphatic rings. The highest BCUT2D eigenvalue weighted by Crippen LogP contribution is 2.31. The largest absolute Gasteiger partial charge is 0.496 e. The van der Waals surface area contributed by atoms with E-state index in [4.69, 9.17) is 4.74 Å². The third-order valence-electron chi connectivity index (χ3n) is 4.86. The molecule has 2 amide bonds. The molecule has 1 unspecified atom stereocenters. The number of carbonyl (C=O) groups excluding carboxylic acids is 1. The summed E-state index contributed by atoms with van der Waals surface area (Å²) in [6.07, 6.45) is 0.949. The molecule has 0 aliphatic carbocycles. The van der Waals surface area contributed by atoms with E-state index in [9.17, 15) is 9.18 Å². The van der Waals surface area contributed by atoms with Gasteiger partial charge in [-0.15, -0.1) is 0 Å². The molecule has 0 bridgehead atoms. The molecular weight excluding hydrogens is 357 g/mol. The molecular formula is C22H28FN3O2. The number of ether oxygens (including phenoxy) is 1. The summed E-state index contributed by atoms with van der Waals surface area (Å²) >= 11 is 0. The predicted octanol–water partition coefficient (Wildman–Crippen LogP) is 3.78. The lowest BCUT2D eigenvalue weighted by Crippen LogP contribution is -2.45. The van der Waals surface area contributed by atoms with Gasteiger partial charge in [0.05, 0.1) is 7.11 Å². The van der Waals surface area contributed by atoms with Gasteiger partial charge in [-0.3, -0.25) is 4.90 Å². The normalized spacial score (nSPS) is 17.0. The molecule has 1 saturated heterocycles. The van der Waals surface area contributed by atoms with Gasteiger partial charge in [-0.1, -0.05) is 24.3 Å². The van der Waals surface area contributed by atoms with Gasteiger partial charge >= 0.3 is 6.03 Å². The minimum atomic E-state index is -0.281. The van der Waals surface area contributed by atoms with Crippen molar-refractivity contribution in [2.24, 2.45) is 0 Å². The van der Waals surface area contributed by atoms with Crippen LogP contribution in [-0.2, 0) is 6.54 Å². The SMILES string of the molecule is COc1ccc(F)cc1-c1ccc(CN2CCC(NC(=O)NC(C)C)C2)cc1. The van der Waals surface area contributed by atoms with Crippen molar-refractivity contribution in [2.75, 3.05) is 20.2 Å². The van der Waals surface area contributed by atoms with Gasteiger partial charge in [-0.05, 0) is 49.6 Å². The number of halogens is 1. The Morgan fingerprint density at radius 1 is 1.25 bits per heavy atom. The van der Waals surface area contributed by atoms with Gasteiger partial charge in [0.15, 0.2) is 0 Å². The van der Waals surface area contributed by atoms with Crippen LogP contribution in [0.3, 0.4) is 0 Å². The lowest BCUT2D eigenvalue weighted by atomic mass is 10.0. The molecule has 3 rings (SSSR count). The summed E-state index contributed by atoms with van der Waals surface area (Å²) in [5.74, 6) is 0.374. The Morgan fingerprint density at radius 3 is 2.68 bits per heavy atom. The zero-order valence-electron chi connectivity index (χ0n) is 16.7. The van der Waals surface area contributed by atoms with Crippen LogP contribution in [0, 0.1) is 5.82 Å². The third kappa shape index (κ3) is 5.23. The first-order valence-corrected chi connectivity index (χ1v) is 9.67. The van der Waals surface area contributed by atoms with Gasteiger partial charge in [-0.2, -0.15) is 0 Å². The van der Waals surface area contributed by atoms with E-state index in [1.807, 2.05) is 26.0 Å². The Kier molecular flexibility index (Phi) is 6.52. The van der Waals surface area contributed by atoms with Crippen molar-refractivity contribution in [3.63, 3.8) is 0 Å². The first kappa shape index (κ1) is 20.1. The second-order valence-corrected chi connectivity index (χ2v) is 7.53. The van der Waals surface area contributed by atoms with Crippen molar-refractivity contribution in [3.05, 3.63) is 53.8 Å². The maximum Gasteiger partial charge on any atom is 0.315 e. The van der Waals surface area contributed by atoms with E-state index < -0.39 is 0 Å². The Bertz CT molecular complexity index is 808. The Balaban J connectivity index is 1.58. The van der Waals surface area contributed by atoms with Gasteiger partial charge in [0.1, 0.15) is 11.6 Å². The smallest absolute Gasteiger partial charge is 0.315 e. The number of hydrogen-bond donors (Lipinski definition) is 2. The lowest BCUT2D eigenvalue weighted by Gasteiger charge is -2.18. The van der Waals surface area contributed by atoms with Crippen molar-refractivity contribution in [1.29, 1.82) is 0 Å². The summed E-state index contributed by atoms with van der Waals surface area (Å²) in [7, 11) is 1.59. The number of nitrogens with zero attached hydrogens (tertiary/aromatic N) is 1. The molecule has 150 valence electrons. The second kappa shape index (κ2) is 9.06. The van der Waals surface area contributed by atoms with E-state index in [0.29, 0.717) is 5.75 Å². The average molecular weight is 385 g/mol. The number of hydrogen-bond acceptors (Lipinski definition) is 3. The monoisotopic (exact) mass is 385 g/mol. The van der Waals surface area contributed by atoms with Crippen LogP contribution in [0.15, 0.2) is 42.5 Å². The minimum Gasteiger partial charge on any atom is -0.496 e. The number of urea groups is 1. The summed E-state index contributed by atoms with van der Waals surface area (Å²) in [5, 5.41) is 5.90. The zero-order valence-corrected chi connectivity index (χ0v) is 16.7. The van der Waals surface area contributed by atoms with Crippen molar-refractivity contribution in [2.45, 2.75) is 38.9 Å².